The number of piperidine rings is 1. The van der Waals surface area contributed by atoms with Crippen molar-refractivity contribution >= 4 is 6.09 Å². The Labute approximate surface area is 123 Å². The summed E-state index contributed by atoms with van der Waals surface area (Å²) >= 11 is 0. The van der Waals surface area contributed by atoms with Gasteiger partial charge in [0.25, 0.3) is 0 Å². The van der Waals surface area contributed by atoms with Crippen LogP contribution in [0.1, 0.15) is 50.7 Å². The minimum Gasteiger partial charge on any atom is -0.465 e. The largest absolute Gasteiger partial charge is 0.465 e. The van der Waals surface area contributed by atoms with Crippen LogP contribution in [0.3, 0.4) is 0 Å². The number of aromatic nitrogens is 1. The first-order chi connectivity index (χ1) is 9.93. The molecule has 2 fully saturated rings. The van der Waals surface area contributed by atoms with Gasteiger partial charge < -0.3 is 14.7 Å². The first-order valence-electron chi connectivity index (χ1n) is 7.59. The number of rotatable bonds is 0. The number of hydrogen-bond acceptors (Lipinski definition) is 3. The van der Waals surface area contributed by atoms with Gasteiger partial charge in [-0.25, -0.2) is 4.79 Å². The summed E-state index contributed by atoms with van der Waals surface area (Å²) in [6.45, 7) is 4.18. The van der Waals surface area contributed by atoms with Crippen molar-refractivity contribution in [2.75, 3.05) is 0 Å². The predicted octanol–water partition coefficient (Wildman–Crippen LogP) is 2.85. The standard InChI is InChI=1S/C16H20N2O3/c1-15(2)12-5-6-17-9-13(12)16(21-15)7-10-3-4-11(8-16)18(10)14(19)20/h5-6,9-11H,3-4,7-8H2,1-2H3,(H,19,20). The van der Waals surface area contributed by atoms with Crippen molar-refractivity contribution in [2.45, 2.75) is 62.8 Å². The van der Waals surface area contributed by atoms with Crippen LogP contribution in [0.15, 0.2) is 18.5 Å². The Morgan fingerprint density at radius 2 is 2.00 bits per heavy atom. The summed E-state index contributed by atoms with van der Waals surface area (Å²) in [5.74, 6) is 0. The molecule has 4 rings (SSSR count). The third-order valence-corrected chi connectivity index (χ3v) is 5.38. The number of amides is 1. The Balaban J connectivity index is 1.77. The first kappa shape index (κ1) is 13.1. The van der Waals surface area contributed by atoms with E-state index in [4.69, 9.17) is 4.74 Å². The van der Waals surface area contributed by atoms with Gasteiger partial charge in [0.1, 0.15) is 5.60 Å². The molecule has 1 aromatic heterocycles. The highest BCUT2D eigenvalue weighted by molar-refractivity contribution is 5.67. The summed E-state index contributed by atoms with van der Waals surface area (Å²) in [6, 6.07) is 2.18. The summed E-state index contributed by atoms with van der Waals surface area (Å²) in [5, 5.41) is 9.42. The van der Waals surface area contributed by atoms with Crippen LogP contribution in [-0.2, 0) is 15.9 Å². The van der Waals surface area contributed by atoms with Crippen molar-refractivity contribution < 1.29 is 14.6 Å². The zero-order valence-electron chi connectivity index (χ0n) is 12.4. The second-order valence-electron chi connectivity index (χ2n) is 7.01. The fraction of sp³-hybridized carbons (Fsp3) is 0.625. The average Bonchev–Trinajstić information content (AvgIpc) is 2.82. The predicted molar refractivity (Wildman–Crippen MR) is 75.9 cm³/mol. The van der Waals surface area contributed by atoms with E-state index in [1.54, 1.807) is 4.90 Å². The second kappa shape index (κ2) is 3.97. The minimum atomic E-state index is -0.791. The van der Waals surface area contributed by atoms with E-state index in [-0.39, 0.29) is 23.3 Å². The van der Waals surface area contributed by atoms with Gasteiger partial charge in [0, 0.05) is 42.9 Å². The molecule has 2 atom stereocenters. The van der Waals surface area contributed by atoms with Gasteiger partial charge in [-0.05, 0) is 38.3 Å². The average molecular weight is 288 g/mol. The van der Waals surface area contributed by atoms with Crippen molar-refractivity contribution in [3.63, 3.8) is 0 Å². The number of ether oxygens (including phenoxy) is 1. The zero-order chi connectivity index (χ0) is 14.8. The van der Waals surface area contributed by atoms with E-state index in [9.17, 15) is 9.90 Å². The van der Waals surface area contributed by atoms with Gasteiger partial charge in [0.05, 0.1) is 5.60 Å². The topological polar surface area (TPSA) is 62.7 Å². The summed E-state index contributed by atoms with van der Waals surface area (Å²) in [5.41, 5.74) is 1.67. The molecule has 3 aliphatic heterocycles. The summed E-state index contributed by atoms with van der Waals surface area (Å²) in [6.07, 6.45) is 6.32. The molecule has 3 aliphatic rings. The maximum Gasteiger partial charge on any atom is 0.407 e. The Hall–Kier alpha value is -1.62. The first-order valence-corrected chi connectivity index (χ1v) is 7.59. The fourth-order valence-corrected chi connectivity index (χ4v) is 4.70. The number of pyridine rings is 1. The molecular weight excluding hydrogens is 268 g/mol. The molecule has 5 heteroatoms. The number of carboxylic acid groups (broad SMARTS) is 1. The van der Waals surface area contributed by atoms with Crippen LogP contribution >= 0.6 is 0 Å². The van der Waals surface area contributed by atoms with Gasteiger partial charge in [-0.2, -0.15) is 0 Å². The number of fused-ring (bicyclic) bond motifs is 4. The lowest BCUT2D eigenvalue weighted by atomic mass is 9.80. The molecule has 2 bridgehead atoms. The van der Waals surface area contributed by atoms with Crippen molar-refractivity contribution in [1.29, 1.82) is 0 Å². The molecule has 4 heterocycles. The van der Waals surface area contributed by atoms with Crippen molar-refractivity contribution in [3.05, 3.63) is 29.6 Å². The van der Waals surface area contributed by atoms with Gasteiger partial charge in [-0.3, -0.25) is 4.98 Å². The van der Waals surface area contributed by atoms with Crippen LogP contribution in [0.2, 0.25) is 0 Å². The maximum absolute atomic E-state index is 11.5. The van der Waals surface area contributed by atoms with Crippen LogP contribution in [-0.4, -0.2) is 33.2 Å². The molecular formula is C16H20N2O3. The fourth-order valence-electron chi connectivity index (χ4n) is 4.70. The Morgan fingerprint density at radius 3 is 2.62 bits per heavy atom. The quantitative estimate of drug-likeness (QED) is 0.797. The maximum atomic E-state index is 11.5. The molecule has 2 unspecified atom stereocenters. The van der Waals surface area contributed by atoms with E-state index in [2.05, 4.69) is 18.8 Å². The van der Waals surface area contributed by atoms with Gasteiger partial charge in [-0.15, -0.1) is 0 Å². The van der Waals surface area contributed by atoms with Gasteiger partial charge in [0.2, 0.25) is 0 Å². The Kier molecular flexibility index (Phi) is 2.47. The molecule has 0 aliphatic carbocycles. The van der Waals surface area contributed by atoms with E-state index in [0.717, 1.165) is 31.2 Å². The van der Waals surface area contributed by atoms with Crippen LogP contribution in [0.4, 0.5) is 4.79 Å². The Morgan fingerprint density at radius 1 is 1.33 bits per heavy atom. The smallest absolute Gasteiger partial charge is 0.407 e. The zero-order valence-corrected chi connectivity index (χ0v) is 12.4. The summed E-state index contributed by atoms with van der Waals surface area (Å²) in [4.78, 5) is 17.4. The lowest BCUT2D eigenvalue weighted by Gasteiger charge is -2.44. The normalized spacial score (nSPS) is 36.0. The number of nitrogens with zero attached hydrogens (tertiary/aromatic N) is 2. The lowest BCUT2D eigenvalue weighted by Crippen LogP contribution is -2.52. The molecule has 1 N–H and O–H groups in total. The van der Waals surface area contributed by atoms with Crippen molar-refractivity contribution in [1.82, 2.24) is 9.88 Å². The third-order valence-electron chi connectivity index (χ3n) is 5.38. The SMILES string of the molecule is CC1(C)OC2(CC3CCC(C2)N3C(=O)O)c2cnccc21. The van der Waals surface area contributed by atoms with Crippen LogP contribution in [0.25, 0.3) is 0 Å². The molecule has 112 valence electrons. The van der Waals surface area contributed by atoms with Gasteiger partial charge >= 0.3 is 6.09 Å². The molecule has 1 spiro atoms. The third kappa shape index (κ3) is 1.67. The van der Waals surface area contributed by atoms with E-state index in [0.29, 0.717) is 0 Å². The molecule has 0 saturated carbocycles. The minimum absolute atomic E-state index is 0.0724. The highest BCUT2D eigenvalue weighted by Gasteiger charge is 2.57. The molecule has 1 amide bonds. The van der Waals surface area contributed by atoms with E-state index < -0.39 is 6.09 Å². The molecule has 1 aromatic rings. The monoisotopic (exact) mass is 288 g/mol. The van der Waals surface area contributed by atoms with Crippen LogP contribution in [0, 0.1) is 0 Å². The van der Waals surface area contributed by atoms with E-state index in [1.165, 1.54) is 5.56 Å². The van der Waals surface area contributed by atoms with E-state index in [1.807, 2.05) is 18.5 Å². The van der Waals surface area contributed by atoms with Crippen molar-refractivity contribution in [3.8, 4) is 0 Å². The van der Waals surface area contributed by atoms with E-state index >= 15 is 0 Å². The molecule has 0 aromatic carbocycles. The van der Waals surface area contributed by atoms with Gasteiger partial charge in [-0.1, -0.05) is 0 Å². The van der Waals surface area contributed by atoms with Gasteiger partial charge in [0.15, 0.2) is 0 Å². The highest BCUT2D eigenvalue weighted by Crippen LogP contribution is 2.56. The Bertz CT molecular complexity index is 599. The summed E-state index contributed by atoms with van der Waals surface area (Å²) in [7, 11) is 0. The molecule has 2 saturated heterocycles. The molecule has 0 radical (unpaired) electrons. The van der Waals surface area contributed by atoms with Crippen LogP contribution in [0.5, 0.6) is 0 Å². The molecule has 5 nitrogen and oxygen atoms in total. The van der Waals surface area contributed by atoms with Crippen molar-refractivity contribution in [2.24, 2.45) is 0 Å². The highest BCUT2D eigenvalue weighted by atomic mass is 16.5. The molecule has 21 heavy (non-hydrogen) atoms. The number of hydrogen-bond donors (Lipinski definition) is 1. The summed E-state index contributed by atoms with van der Waals surface area (Å²) < 4.78 is 6.50. The number of carbonyl (C=O) groups is 1. The van der Waals surface area contributed by atoms with Crippen LogP contribution < -0.4 is 0 Å². The second-order valence-corrected chi connectivity index (χ2v) is 7.01. The lowest BCUT2D eigenvalue weighted by molar-refractivity contribution is -0.158.